The molecule has 0 bridgehead atoms. The summed E-state index contributed by atoms with van der Waals surface area (Å²) in [7, 11) is 0. The smallest absolute Gasteiger partial charge is 0.0210 e. The highest BCUT2D eigenvalue weighted by atomic mass is 32.1. The fraction of sp³-hybridized carbons (Fsp3) is 0.412. The Bertz CT molecular complexity index is 514. The molecule has 0 aliphatic heterocycles. The molecule has 3 rings (SSSR count). The van der Waals surface area contributed by atoms with Crippen molar-refractivity contribution in [3.8, 4) is 0 Å². The van der Waals surface area contributed by atoms with Crippen LogP contribution in [0.15, 0.2) is 41.8 Å². The van der Waals surface area contributed by atoms with Gasteiger partial charge in [0.1, 0.15) is 0 Å². The summed E-state index contributed by atoms with van der Waals surface area (Å²) >= 11 is 1.85. The summed E-state index contributed by atoms with van der Waals surface area (Å²) in [6.45, 7) is 3.28. The topological polar surface area (TPSA) is 12.0 Å². The molecule has 0 saturated heterocycles. The van der Waals surface area contributed by atoms with E-state index in [2.05, 4.69) is 54.0 Å². The molecular formula is C17H21NS. The largest absolute Gasteiger partial charge is 0.310 e. The van der Waals surface area contributed by atoms with Crippen molar-refractivity contribution in [1.29, 1.82) is 0 Å². The van der Waals surface area contributed by atoms with Crippen LogP contribution in [-0.2, 0) is 13.0 Å². The zero-order valence-corrected chi connectivity index (χ0v) is 12.2. The van der Waals surface area contributed by atoms with Crippen molar-refractivity contribution in [2.24, 2.45) is 0 Å². The summed E-state index contributed by atoms with van der Waals surface area (Å²) in [5.41, 5.74) is 3.06. The fourth-order valence-corrected chi connectivity index (χ4v) is 3.41. The van der Waals surface area contributed by atoms with E-state index in [-0.39, 0.29) is 0 Å². The van der Waals surface area contributed by atoms with Crippen LogP contribution in [0.1, 0.15) is 41.7 Å². The van der Waals surface area contributed by atoms with Gasteiger partial charge in [-0.15, -0.1) is 11.3 Å². The van der Waals surface area contributed by atoms with Gasteiger partial charge in [-0.05, 0) is 54.7 Å². The van der Waals surface area contributed by atoms with Gasteiger partial charge in [0, 0.05) is 17.5 Å². The number of rotatable bonds is 6. The predicted octanol–water partition coefficient (Wildman–Crippen LogP) is 4.35. The monoisotopic (exact) mass is 271 g/mol. The number of nitrogens with one attached hydrogen (secondary N) is 1. The molecule has 2 aromatic rings. The van der Waals surface area contributed by atoms with Crippen molar-refractivity contribution in [3.05, 3.63) is 57.8 Å². The van der Waals surface area contributed by atoms with Crippen LogP contribution in [0.25, 0.3) is 0 Å². The third-order valence-electron chi connectivity index (χ3n) is 3.80. The number of benzene rings is 1. The predicted molar refractivity (Wildman–Crippen MR) is 82.7 cm³/mol. The Morgan fingerprint density at radius 3 is 2.79 bits per heavy atom. The zero-order valence-electron chi connectivity index (χ0n) is 11.4. The molecule has 0 spiro atoms. The van der Waals surface area contributed by atoms with Crippen LogP contribution < -0.4 is 5.32 Å². The van der Waals surface area contributed by atoms with Gasteiger partial charge in [-0.25, -0.2) is 0 Å². The lowest BCUT2D eigenvalue weighted by Crippen LogP contribution is -2.27. The first-order chi connectivity index (χ1) is 9.33. The molecule has 1 aromatic heterocycles. The van der Waals surface area contributed by atoms with Crippen LogP contribution in [0.3, 0.4) is 0 Å². The molecule has 0 amide bonds. The Morgan fingerprint density at radius 1 is 1.21 bits per heavy atom. The third-order valence-corrected chi connectivity index (χ3v) is 4.70. The van der Waals surface area contributed by atoms with Crippen LogP contribution in [0.4, 0.5) is 0 Å². The quantitative estimate of drug-likeness (QED) is 0.824. The van der Waals surface area contributed by atoms with Gasteiger partial charge in [-0.3, -0.25) is 0 Å². The van der Waals surface area contributed by atoms with E-state index >= 15 is 0 Å². The first-order valence-corrected chi connectivity index (χ1v) is 8.04. The first kappa shape index (κ1) is 12.9. The Hall–Kier alpha value is -1.12. The van der Waals surface area contributed by atoms with E-state index in [0.717, 1.165) is 18.9 Å². The Labute approximate surface area is 119 Å². The van der Waals surface area contributed by atoms with Crippen LogP contribution in [0.2, 0.25) is 0 Å². The zero-order chi connectivity index (χ0) is 13.1. The van der Waals surface area contributed by atoms with E-state index in [4.69, 9.17) is 0 Å². The number of hydrogen-bond acceptors (Lipinski definition) is 2. The molecule has 1 N–H and O–H groups in total. The summed E-state index contributed by atoms with van der Waals surface area (Å²) < 4.78 is 0. The van der Waals surface area contributed by atoms with Crippen molar-refractivity contribution in [2.75, 3.05) is 0 Å². The summed E-state index contributed by atoms with van der Waals surface area (Å²) in [5, 5.41) is 5.82. The van der Waals surface area contributed by atoms with Gasteiger partial charge >= 0.3 is 0 Å². The van der Waals surface area contributed by atoms with Crippen LogP contribution in [0.5, 0.6) is 0 Å². The molecule has 19 heavy (non-hydrogen) atoms. The maximum absolute atomic E-state index is 3.67. The SMILES string of the molecule is CC(Cc1cccs1)NCc1ccccc1C1CC1. The third kappa shape index (κ3) is 3.46. The second kappa shape index (κ2) is 5.89. The molecule has 1 unspecified atom stereocenters. The second-order valence-electron chi connectivity index (χ2n) is 5.54. The van der Waals surface area contributed by atoms with E-state index in [0.29, 0.717) is 6.04 Å². The average molecular weight is 271 g/mol. The van der Waals surface area contributed by atoms with Gasteiger partial charge in [0.25, 0.3) is 0 Å². The van der Waals surface area contributed by atoms with Gasteiger partial charge in [0.05, 0.1) is 0 Å². The van der Waals surface area contributed by atoms with Gasteiger partial charge in [-0.1, -0.05) is 30.3 Å². The van der Waals surface area contributed by atoms with E-state index < -0.39 is 0 Å². The molecule has 1 aliphatic rings. The summed E-state index contributed by atoms with van der Waals surface area (Å²) in [5.74, 6) is 0.839. The molecule has 1 nitrogen and oxygen atoms in total. The molecule has 1 heterocycles. The molecule has 1 fully saturated rings. The highest BCUT2D eigenvalue weighted by Crippen LogP contribution is 2.41. The average Bonchev–Trinajstić information content (AvgIpc) is 3.15. The molecule has 100 valence electrons. The lowest BCUT2D eigenvalue weighted by molar-refractivity contribution is 0.547. The van der Waals surface area contributed by atoms with E-state index in [1.165, 1.54) is 23.3 Å². The van der Waals surface area contributed by atoms with Gasteiger partial charge < -0.3 is 5.32 Å². The van der Waals surface area contributed by atoms with Crippen molar-refractivity contribution in [2.45, 2.75) is 44.7 Å². The van der Waals surface area contributed by atoms with E-state index in [9.17, 15) is 0 Å². The minimum absolute atomic E-state index is 0.533. The molecule has 0 radical (unpaired) electrons. The van der Waals surface area contributed by atoms with E-state index in [1.54, 1.807) is 5.56 Å². The minimum Gasteiger partial charge on any atom is -0.310 e. The second-order valence-corrected chi connectivity index (χ2v) is 6.57. The highest BCUT2D eigenvalue weighted by Gasteiger charge is 2.25. The maximum Gasteiger partial charge on any atom is 0.0210 e. The molecule has 2 heteroatoms. The summed E-state index contributed by atoms with van der Waals surface area (Å²) in [6.07, 6.45) is 3.88. The molecule has 1 atom stereocenters. The van der Waals surface area contributed by atoms with Gasteiger partial charge in [0.15, 0.2) is 0 Å². The van der Waals surface area contributed by atoms with Crippen molar-refractivity contribution < 1.29 is 0 Å². The Balaban J connectivity index is 1.57. The fourth-order valence-electron chi connectivity index (χ4n) is 2.57. The Kier molecular flexibility index (Phi) is 4.00. The normalized spacial score (nSPS) is 16.5. The van der Waals surface area contributed by atoms with E-state index in [1.807, 2.05) is 11.3 Å². The minimum atomic E-state index is 0.533. The molecule has 1 saturated carbocycles. The maximum atomic E-state index is 3.67. The van der Waals surface area contributed by atoms with Crippen molar-refractivity contribution >= 4 is 11.3 Å². The van der Waals surface area contributed by atoms with Crippen molar-refractivity contribution in [3.63, 3.8) is 0 Å². The van der Waals surface area contributed by atoms with Gasteiger partial charge in [0.2, 0.25) is 0 Å². The first-order valence-electron chi connectivity index (χ1n) is 7.16. The lowest BCUT2D eigenvalue weighted by Gasteiger charge is -2.15. The molecule has 1 aromatic carbocycles. The van der Waals surface area contributed by atoms with Crippen LogP contribution in [0, 0.1) is 0 Å². The molecular weight excluding hydrogens is 250 g/mol. The lowest BCUT2D eigenvalue weighted by atomic mass is 10.0. The van der Waals surface area contributed by atoms with Crippen LogP contribution >= 0.6 is 11.3 Å². The van der Waals surface area contributed by atoms with Crippen molar-refractivity contribution in [1.82, 2.24) is 5.32 Å². The van der Waals surface area contributed by atoms with Gasteiger partial charge in [-0.2, -0.15) is 0 Å². The Morgan fingerprint density at radius 2 is 2.05 bits per heavy atom. The highest BCUT2D eigenvalue weighted by molar-refractivity contribution is 7.09. The summed E-state index contributed by atoms with van der Waals surface area (Å²) in [4.78, 5) is 1.47. The summed E-state index contributed by atoms with van der Waals surface area (Å²) in [6, 6.07) is 13.8. The van der Waals surface area contributed by atoms with Crippen LogP contribution in [-0.4, -0.2) is 6.04 Å². The number of thiophene rings is 1. The number of hydrogen-bond donors (Lipinski definition) is 1. The molecule has 1 aliphatic carbocycles. The standard InChI is InChI=1S/C17H21NS/c1-13(11-16-6-4-10-19-16)18-12-15-5-2-3-7-17(15)14-8-9-14/h2-7,10,13-14,18H,8-9,11-12H2,1H3.